The highest BCUT2D eigenvalue weighted by Gasteiger charge is 2.15. The van der Waals surface area contributed by atoms with Gasteiger partial charge in [0.15, 0.2) is 9.84 Å². The molecule has 0 fully saturated rings. The Bertz CT molecular complexity index is 794. The maximum atomic E-state index is 13.9. The number of pyridine rings is 1. The third kappa shape index (κ3) is 4.49. The van der Waals surface area contributed by atoms with Crippen molar-refractivity contribution in [1.82, 2.24) is 10.3 Å². The van der Waals surface area contributed by atoms with E-state index in [0.29, 0.717) is 17.9 Å². The van der Waals surface area contributed by atoms with Gasteiger partial charge < -0.3 is 10.1 Å². The van der Waals surface area contributed by atoms with E-state index in [0.717, 1.165) is 11.9 Å². The average molecular weight is 338 g/mol. The Labute approximate surface area is 135 Å². The number of aromatic nitrogens is 1. The predicted octanol–water partition coefficient (Wildman–Crippen LogP) is 2.48. The van der Waals surface area contributed by atoms with E-state index in [4.69, 9.17) is 4.74 Å². The second kappa shape index (κ2) is 7.06. The normalized spacial score (nSPS) is 12.9. The molecule has 0 saturated heterocycles. The van der Waals surface area contributed by atoms with Crippen molar-refractivity contribution < 1.29 is 17.5 Å². The van der Waals surface area contributed by atoms with Crippen molar-refractivity contribution in [1.29, 1.82) is 0 Å². The predicted molar refractivity (Wildman–Crippen MR) is 85.6 cm³/mol. The molecule has 2 rings (SSSR count). The highest BCUT2D eigenvalue weighted by Crippen LogP contribution is 2.20. The van der Waals surface area contributed by atoms with Gasteiger partial charge in [0.05, 0.1) is 12.8 Å². The van der Waals surface area contributed by atoms with Gasteiger partial charge in [0.1, 0.15) is 16.5 Å². The van der Waals surface area contributed by atoms with Gasteiger partial charge in [0, 0.05) is 31.1 Å². The van der Waals surface area contributed by atoms with Crippen LogP contribution in [-0.2, 0) is 16.4 Å². The van der Waals surface area contributed by atoms with E-state index >= 15 is 0 Å². The lowest BCUT2D eigenvalue weighted by Crippen LogP contribution is -2.19. The Morgan fingerprint density at radius 3 is 2.65 bits per heavy atom. The van der Waals surface area contributed by atoms with Crippen LogP contribution in [-0.4, -0.2) is 26.8 Å². The number of nitrogens with one attached hydrogen (secondary N) is 1. The third-order valence-corrected chi connectivity index (χ3v) is 4.60. The molecule has 0 bridgehead atoms. The lowest BCUT2D eigenvalue weighted by atomic mass is 10.1. The van der Waals surface area contributed by atoms with Crippen LogP contribution in [0.25, 0.3) is 0 Å². The summed E-state index contributed by atoms with van der Waals surface area (Å²) in [5.74, 6) is -0.0221. The number of hydrogen-bond acceptors (Lipinski definition) is 5. The molecule has 1 unspecified atom stereocenters. The van der Waals surface area contributed by atoms with Crippen LogP contribution in [0.4, 0.5) is 4.39 Å². The molecule has 0 aliphatic rings. The van der Waals surface area contributed by atoms with E-state index in [1.807, 2.05) is 13.0 Å². The Morgan fingerprint density at radius 1 is 1.30 bits per heavy atom. The fourth-order valence-electron chi connectivity index (χ4n) is 2.14. The minimum atomic E-state index is -3.56. The molecule has 23 heavy (non-hydrogen) atoms. The first-order chi connectivity index (χ1) is 10.8. The quantitative estimate of drug-likeness (QED) is 0.876. The maximum Gasteiger partial charge on any atom is 0.178 e. The fraction of sp³-hybridized carbons (Fsp3) is 0.312. The first-order valence-corrected chi connectivity index (χ1v) is 8.92. The van der Waals surface area contributed by atoms with E-state index < -0.39 is 15.7 Å². The molecule has 0 amide bonds. The van der Waals surface area contributed by atoms with Crippen molar-refractivity contribution in [3.05, 3.63) is 53.6 Å². The van der Waals surface area contributed by atoms with Crippen molar-refractivity contribution in [2.75, 3.05) is 13.4 Å². The number of sulfone groups is 1. The molecular formula is C16H19FN2O3S. The highest BCUT2D eigenvalue weighted by molar-refractivity contribution is 7.90. The van der Waals surface area contributed by atoms with Crippen LogP contribution in [0.1, 0.15) is 24.2 Å². The average Bonchev–Trinajstić information content (AvgIpc) is 2.51. The summed E-state index contributed by atoms with van der Waals surface area (Å²) < 4.78 is 41.9. The van der Waals surface area contributed by atoms with Crippen molar-refractivity contribution in [2.45, 2.75) is 24.4 Å². The summed E-state index contributed by atoms with van der Waals surface area (Å²) in [6, 6.07) is 7.55. The summed E-state index contributed by atoms with van der Waals surface area (Å²) in [5.41, 5.74) is 1.46. The zero-order valence-electron chi connectivity index (χ0n) is 13.2. The van der Waals surface area contributed by atoms with Gasteiger partial charge in [-0.25, -0.2) is 12.8 Å². The van der Waals surface area contributed by atoms with Crippen molar-refractivity contribution in [2.24, 2.45) is 0 Å². The Kier molecular flexibility index (Phi) is 5.33. The Morgan fingerprint density at radius 2 is 2.04 bits per heavy atom. The summed E-state index contributed by atoms with van der Waals surface area (Å²) >= 11 is 0. The van der Waals surface area contributed by atoms with Gasteiger partial charge >= 0.3 is 0 Å². The summed E-state index contributed by atoms with van der Waals surface area (Å²) in [7, 11) is -1.97. The van der Waals surface area contributed by atoms with Gasteiger partial charge in [-0.3, -0.25) is 4.98 Å². The van der Waals surface area contributed by atoms with Crippen LogP contribution >= 0.6 is 0 Å². The number of ether oxygens (including phenoxy) is 1. The fourth-order valence-corrected chi connectivity index (χ4v) is 2.87. The summed E-state index contributed by atoms with van der Waals surface area (Å²) in [5, 5.41) is 3.22. The zero-order chi connectivity index (χ0) is 17.0. The second-order valence-corrected chi connectivity index (χ2v) is 7.24. The molecule has 0 aliphatic heterocycles. The molecule has 2 aromatic rings. The molecule has 0 saturated carbocycles. The molecule has 124 valence electrons. The minimum Gasteiger partial charge on any atom is -0.497 e. The molecular weight excluding hydrogens is 319 g/mol. The van der Waals surface area contributed by atoms with Gasteiger partial charge in [-0.1, -0.05) is 6.07 Å². The van der Waals surface area contributed by atoms with Gasteiger partial charge in [0.2, 0.25) is 0 Å². The van der Waals surface area contributed by atoms with Crippen LogP contribution in [0.15, 0.2) is 41.4 Å². The number of methoxy groups -OCH3 is 1. The lowest BCUT2D eigenvalue weighted by Gasteiger charge is -2.15. The molecule has 0 radical (unpaired) electrons. The smallest absolute Gasteiger partial charge is 0.178 e. The summed E-state index contributed by atoms with van der Waals surface area (Å²) in [6.07, 6.45) is 2.64. The van der Waals surface area contributed by atoms with Crippen LogP contribution in [0, 0.1) is 5.82 Å². The van der Waals surface area contributed by atoms with Crippen LogP contribution in [0.3, 0.4) is 0 Å². The highest BCUT2D eigenvalue weighted by atomic mass is 32.2. The third-order valence-electron chi connectivity index (χ3n) is 3.47. The number of rotatable bonds is 6. The minimum absolute atomic E-state index is 0.161. The zero-order valence-corrected chi connectivity index (χ0v) is 14.0. The number of benzene rings is 1. The number of halogens is 1. The Hall–Kier alpha value is -1.99. The van der Waals surface area contributed by atoms with E-state index in [-0.39, 0.29) is 10.9 Å². The topological polar surface area (TPSA) is 68.3 Å². The van der Waals surface area contributed by atoms with E-state index in [1.165, 1.54) is 12.1 Å². The molecule has 0 aliphatic carbocycles. The first kappa shape index (κ1) is 17.4. The van der Waals surface area contributed by atoms with E-state index in [2.05, 4.69) is 10.3 Å². The molecule has 1 aromatic heterocycles. The number of hydrogen-bond donors (Lipinski definition) is 1. The largest absolute Gasteiger partial charge is 0.497 e. The van der Waals surface area contributed by atoms with E-state index in [1.54, 1.807) is 25.4 Å². The van der Waals surface area contributed by atoms with Gasteiger partial charge in [0.25, 0.3) is 0 Å². The molecule has 7 heteroatoms. The molecule has 1 atom stereocenters. The molecule has 1 N–H and O–H groups in total. The second-order valence-electron chi connectivity index (χ2n) is 5.25. The van der Waals surface area contributed by atoms with Gasteiger partial charge in [-0.05, 0) is 30.7 Å². The standard InChI is InChI=1S/C16H19FN2O3S/c1-11(19-10-13-9-14(22-2)6-7-18-13)12-4-5-16(15(17)8-12)23(3,20)21/h4-9,11,19H,10H2,1-3H3. The maximum absolute atomic E-state index is 13.9. The lowest BCUT2D eigenvalue weighted by molar-refractivity contribution is 0.413. The van der Waals surface area contributed by atoms with Gasteiger partial charge in [-0.2, -0.15) is 0 Å². The SMILES string of the molecule is COc1ccnc(CNC(C)c2ccc(S(C)(=O)=O)c(F)c2)c1. The summed E-state index contributed by atoms with van der Waals surface area (Å²) in [4.78, 5) is 3.93. The van der Waals surface area contributed by atoms with Crippen molar-refractivity contribution >= 4 is 9.84 Å². The Balaban J connectivity index is 2.09. The monoisotopic (exact) mass is 338 g/mol. The van der Waals surface area contributed by atoms with Crippen LogP contribution < -0.4 is 10.1 Å². The van der Waals surface area contributed by atoms with Crippen molar-refractivity contribution in [3.8, 4) is 5.75 Å². The molecule has 1 aromatic carbocycles. The molecule has 0 spiro atoms. The van der Waals surface area contributed by atoms with Crippen molar-refractivity contribution in [3.63, 3.8) is 0 Å². The molecule has 5 nitrogen and oxygen atoms in total. The van der Waals surface area contributed by atoms with Crippen LogP contribution in [0.5, 0.6) is 5.75 Å². The first-order valence-electron chi connectivity index (χ1n) is 7.03. The van der Waals surface area contributed by atoms with E-state index in [9.17, 15) is 12.8 Å². The number of nitrogens with zero attached hydrogens (tertiary/aromatic N) is 1. The molecule has 1 heterocycles. The summed E-state index contributed by atoms with van der Waals surface area (Å²) in [6.45, 7) is 2.35. The van der Waals surface area contributed by atoms with Crippen LogP contribution in [0.2, 0.25) is 0 Å². The van der Waals surface area contributed by atoms with Gasteiger partial charge in [-0.15, -0.1) is 0 Å².